The second-order valence-electron chi connectivity index (χ2n) is 14.5. The molecule has 1 aromatic heterocycles. The Kier molecular flexibility index (Phi) is 12.2. The second-order valence-corrected chi connectivity index (χ2v) is 15.4. The number of carbonyl (C=O) groups excluding carboxylic acids is 4. The van der Waals surface area contributed by atoms with Gasteiger partial charge in [0, 0.05) is 68.2 Å². The first-order chi connectivity index (χ1) is 25.8. The number of likely N-dealkylation sites (tertiary alicyclic amines) is 2. The second kappa shape index (κ2) is 16.7. The molecule has 3 aromatic rings. The maximum atomic E-state index is 15.2. The lowest BCUT2D eigenvalue weighted by atomic mass is 9.77. The first-order valence-corrected chi connectivity index (χ1v) is 18.7. The summed E-state index contributed by atoms with van der Waals surface area (Å²) in [5.74, 6) is -3.67. The lowest BCUT2D eigenvalue weighted by molar-refractivity contribution is -0.156. The Hall–Kier alpha value is -4.19. The number of hydrogen-bond acceptors (Lipinski definition) is 9. The fourth-order valence-electron chi connectivity index (χ4n) is 7.60. The first-order valence-electron chi connectivity index (χ1n) is 17.8. The molecule has 6 rings (SSSR count). The number of alkyl halides is 1. The smallest absolute Gasteiger partial charge is 0.253 e. The summed E-state index contributed by atoms with van der Waals surface area (Å²) in [7, 11) is 5.49. The van der Waals surface area contributed by atoms with Gasteiger partial charge in [-0.25, -0.2) is 29.8 Å². The van der Waals surface area contributed by atoms with Crippen molar-refractivity contribution >= 4 is 42.4 Å². The number of nitrogens with zero attached hydrogens (tertiary/aromatic N) is 4. The number of halogens is 3. The van der Waals surface area contributed by atoms with Crippen molar-refractivity contribution in [2.45, 2.75) is 62.8 Å². The van der Waals surface area contributed by atoms with Gasteiger partial charge in [-0.2, -0.15) is 0 Å². The normalized spacial score (nSPS) is 23.6. The van der Waals surface area contributed by atoms with Crippen LogP contribution in [0.5, 0.6) is 0 Å². The zero-order valence-corrected chi connectivity index (χ0v) is 30.7. The lowest BCUT2D eigenvalue weighted by Gasteiger charge is -2.47. The van der Waals surface area contributed by atoms with Crippen LogP contribution in [-0.2, 0) is 30.5 Å². The van der Waals surface area contributed by atoms with Gasteiger partial charge in [-0.3, -0.25) is 24.1 Å². The number of fused-ring (bicyclic) bond motifs is 1. The van der Waals surface area contributed by atoms with E-state index < -0.39 is 64.4 Å². The summed E-state index contributed by atoms with van der Waals surface area (Å²) in [6.07, 6.45) is -1.49. The Bertz CT molecular complexity index is 1870. The zero-order valence-electron chi connectivity index (χ0n) is 29.9. The molecule has 0 bridgehead atoms. The van der Waals surface area contributed by atoms with Crippen molar-refractivity contribution in [2.24, 2.45) is 11.3 Å². The topological polar surface area (TPSA) is 146 Å². The molecule has 4 heterocycles. The van der Waals surface area contributed by atoms with E-state index in [-0.39, 0.29) is 87.7 Å². The van der Waals surface area contributed by atoms with E-state index in [9.17, 15) is 28.7 Å². The van der Waals surface area contributed by atoms with Gasteiger partial charge in [0.15, 0.2) is 7.12 Å². The van der Waals surface area contributed by atoms with Crippen LogP contribution in [0.25, 0.3) is 11.3 Å². The minimum Gasteiger partial charge on any atom is -0.382 e. The summed E-state index contributed by atoms with van der Waals surface area (Å²) in [4.78, 5) is 59.2. The van der Waals surface area contributed by atoms with Gasteiger partial charge in [-0.15, -0.1) is 0 Å². The third-order valence-electron chi connectivity index (χ3n) is 10.3. The van der Waals surface area contributed by atoms with Crippen molar-refractivity contribution < 1.29 is 42.2 Å². The molecule has 4 amide bonds. The molecule has 0 spiro atoms. The SMILES string of the molecule is [B]SC1CC(=O)N(CCOCCNC(=O)CC(C)(C)[C@H](c2nc(-c3cc(F)ccc3F)cn2Cc2ccccc2)N2C[C@@H]3C(NC[C@@H]3F)[C@H](O)C2=O)C1=O. The van der Waals surface area contributed by atoms with E-state index in [1.807, 2.05) is 30.3 Å². The van der Waals surface area contributed by atoms with Gasteiger partial charge in [0.25, 0.3) is 5.91 Å². The third kappa shape index (κ3) is 8.38. The number of carbonyl (C=O) groups is 4. The van der Waals surface area contributed by atoms with E-state index in [1.165, 1.54) is 4.90 Å². The Morgan fingerprint density at radius 3 is 2.63 bits per heavy atom. The van der Waals surface area contributed by atoms with E-state index in [0.717, 1.165) is 40.3 Å². The van der Waals surface area contributed by atoms with Gasteiger partial charge < -0.3 is 29.9 Å². The predicted octanol–water partition coefficient (Wildman–Crippen LogP) is 2.54. The molecule has 0 saturated carbocycles. The molecule has 2 aromatic carbocycles. The minimum atomic E-state index is -1.57. The number of hydrogen-bond donors (Lipinski definition) is 3. The van der Waals surface area contributed by atoms with Gasteiger partial charge in [0.2, 0.25) is 17.7 Å². The Labute approximate surface area is 316 Å². The van der Waals surface area contributed by atoms with E-state index in [0.29, 0.717) is 0 Å². The third-order valence-corrected chi connectivity index (χ3v) is 11.0. The van der Waals surface area contributed by atoms with Crippen LogP contribution in [0.2, 0.25) is 0 Å². The van der Waals surface area contributed by atoms with Gasteiger partial charge >= 0.3 is 0 Å². The summed E-state index contributed by atoms with van der Waals surface area (Å²) >= 11 is 0.831. The molecular weight excluding hydrogens is 724 g/mol. The van der Waals surface area contributed by atoms with Crippen molar-refractivity contribution in [2.75, 3.05) is 39.4 Å². The van der Waals surface area contributed by atoms with Crippen molar-refractivity contribution in [3.05, 3.63) is 77.8 Å². The highest BCUT2D eigenvalue weighted by atomic mass is 32.2. The quantitative estimate of drug-likeness (QED) is 0.121. The molecule has 0 aliphatic carbocycles. The highest BCUT2D eigenvalue weighted by molar-refractivity contribution is 8.20. The Morgan fingerprint density at radius 1 is 1.15 bits per heavy atom. The highest BCUT2D eigenvalue weighted by Crippen LogP contribution is 2.45. The number of ether oxygens (including phenoxy) is 1. The highest BCUT2D eigenvalue weighted by Gasteiger charge is 2.53. The summed E-state index contributed by atoms with van der Waals surface area (Å²) in [6, 6.07) is 10.5. The maximum absolute atomic E-state index is 15.2. The number of piperidine rings is 1. The van der Waals surface area contributed by atoms with Crippen LogP contribution in [0.1, 0.15) is 44.1 Å². The minimum absolute atomic E-state index is 0.0321. The summed E-state index contributed by atoms with van der Waals surface area (Å²) in [6.45, 7) is 3.88. The number of aromatic nitrogens is 2. The van der Waals surface area contributed by atoms with Crippen LogP contribution >= 0.6 is 11.6 Å². The zero-order chi connectivity index (χ0) is 38.7. The molecule has 2 unspecified atom stereocenters. The Balaban J connectivity index is 1.26. The molecule has 3 aliphatic rings. The number of aliphatic hydroxyl groups is 1. The van der Waals surface area contributed by atoms with Crippen molar-refractivity contribution in [1.82, 2.24) is 30.0 Å². The molecule has 17 heteroatoms. The number of benzene rings is 2. The number of imide groups is 1. The standard InChI is InChI=1S/C37H42BF3N6O6S/c1-37(2,16-29(48)42-10-12-53-13-11-46-30(49)15-28(54-38)35(46)51)33(47-19-24-26(41)17-43-31(24)32(50)36(47)52)34-44-27(23-14-22(39)8-9-25(23)40)20-45(34)18-21-6-4-3-5-7-21/h3-9,14,20,24,26,28,31-33,43,50H,10-13,15-19H2,1-2H3,(H,42,48)/t24-,26-,28?,31?,32-,33-/m0/s1. The van der Waals surface area contributed by atoms with E-state index >= 15 is 8.78 Å². The van der Waals surface area contributed by atoms with Crippen LogP contribution in [0.15, 0.2) is 54.7 Å². The molecule has 12 nitrogen and oxygen atoms in total. The summed E-state index contributed by atoms with van der Waals surface area (Å²) in [5, 5.41) is 16.3. The number of imidazole rings is 1. The van der Waals surface area contributed by atoms with Crippen LogP contribution in [0.3, 0.4) is 0 Å². The first kappa shape index (κ1) is 39.5. The average Bonchev–Trinajstić information content (AvgIpc) is 3.80. The molecule has 2 radical (unpaired) electrons. The fraction of sp³-hybridized carbons (Fsp3) is 0.486. The lowest BCUT2D eigenvalue weighted by Crippen LogP contribution is -2.61. The number of aliphatic hydroxyl groups excluding tert-OH is 1. The average molecular weight is 767 g/mol. The van der Waals surface area contributed by atoms with Crippen molar-refractivity contribution in [3.8, 4) is 11.3 Å². The molecule has 3 saturated heterocycles. The maximum Gasteiger partial charge on any atom is 0.253 e. The summed E-state index contributed by atoms with van der Waals surface area (Å²) in [5.41, 5.74) is -0.315. The monoisotopic (exact) mass is 766 g/mol. The van der Waals surface area contributed by atoms with Gasteiger partial charge in [-0.05, 0) is 23.8 Å². The molecule has 3 fully saturated rings. The van der Waals surface area contributed by atoms with Crippen LogP contribution in [-0.4, -0.2) is 118 Å². The largest absolute Gasteiger partial charge is 0.382 e. The molecule has 3 N–H and O–H groups in total. The number of nitrogens with one attached hydrogen (secondary N) is 2. The number of rotatable bonds is 15. The van der Waals surface area contributed by atoms with Gasteiger partial charge in [-0.1, -0.05) is 44.2 Å². The van der Waals surface area contributed by atoms with E-state index in [4.69, 9.17) is 16.8 Å². The summed E-state index contributed by atoms with van der Waals surface area (Å²) < 4.78 is 52.1. The fourth-order valence-corrected chi connectivity index (χ4v) is 8.08. The molecule has 54 heavy (non-hydrogen) atoms. The van der Waals surface area contributed by atoms with Crippen LogP contribution in [0.4, 0.5) is 13.2 Å². The number of amides is 4. The van der Waals surface area contributed by atoms with Crippen molar-refractivity contribution in [1.29, 1.82) is 0 Å². The molecule has 3 aliphatic heterocycles. The predicted molar refractivity (Wildman–Crippen MR) is 194 cm³/mol. The molecule has 286 valence electrons. The van der Waals surface area contributed by atoms with Crippen LogP contribution in [0, 0.1) is 23.0 Å². The molecular formula is C37H42BF3N6O6S. The van der Waals surface area contributed by atoms with Gasteiger partial charge in [0.1, 0.15) is 29.7 Å². The Morgan fingerprint density at radius 2 is 1.91 bits per heavy atom. The molecule has 6 atom stereocenters. The van der Waals surface area contributed by atoms with E-state index in [1.54, 1.807) is 24.6 Å². The van der Waals surface area contributed by atoms with E-state index in [2.05, 4.69) is 10.6 Å². The van der Waals surface area contributed by atoms with Crippen molar-refractivity contribution in [3.63, 3.8) is 0 Å². The van der Waals surface area contributed by atoms with Gasteiger partial charge in [0.05, 0.1) is 36.7 Å². The van der Waals surface area contributed by atoms with Crippen LogP contribution < -0.4 is 10.6 Å².